The van der Waals surface area contributed by atoms with Crippen LogP contribution >= 0.6 is 11.3 Å². The van der Waals surface area contributed by atoms with Crippen LogP contribution in [-0.4, -0.2) is 30.4 Å². The topological polar surface area (TPSA) is 32.3 Å². The van der Waals surface area contributed by atoms with Gasteiger partial charge in [-0.2, -0.15) is 24.5 Å². The van der Waals surface area contributed by atoms with Gasteiger partial charge in [-0.25, -0.2) is 0 Å². The second kappa shape index (κ2) is 7.58. The molecule has 0 bridgehead atoms. The summed E-state index contributed by atoms with van der Waals surface area (Å²) >= 11 is 1.62. The number of hydrogen-bond donors (Lipinski definition) is 1. The third-order valence-corrected chi connectivity index (χ3v) is 5.14. The molecular weight excluding hydrogens is 349 g/mol. The van der Waals surface area contributed by atoms with Crippen molar-refractivity contribution in [3.63, 3.8) is 0 Å². The molecule has 1 aromatic heterocycles. The van der Waals surface area contributed by atoms with Crippen molar-refractivity contribution in [1.82, 2.24) is 10.2 Å². The Bertz CT molecular complexity index is 692. The maximum Gasteiger partial charge on any atom is 0.416 e. The fourth-order valence-corrected chi connectivity index (χ4v) is 3.78. The quantitative estimate of drug-likeness (QED) is 0.852. The minimum Gasteiger partial charge on any atom is -0.350 e. The molecular formula is C18H19F3N2OS. The lowest BCUT2D eigenvalue weighted by molar-refractivity contribution is -0.137. The minimum absolute atomic E-state index is 0.104. The normalized spacial score (nSPS) is 16.8. The zero-order chi connectivity index (χ0) is 17.9. The highest BCUT2D eigenvalue weighted by atomic mass is 32.1. The van der Waals surface area contributed by atoms with Crippen LogP contribution in [0.1, 0.15) is 40.4 Å². The number of thiophene rings is 1. The minimum atomic E-state index is -4.39. The number of likely N-dealkylation sites (tertiary alicyclic amines) is 1. The van der Waals surface area contributed by atoms with Crippen molar-refractivity contribution >= 4 is 17.2 Å². The van der Waals surface area contributed by atoms with E-state index in [1.807, 2.05) is 5.38 Å². The summed E-state index contributed by atoms with van der Waals surface area (Å²) in [7, 11) is 0. The zero-order valence-electron chi connectivity index (χ0n) is 13.6. The van der Waals surface area contributed by atoms with Crippen LogP contribution in [0.4, 0.5) is 13.2 Å². The first-order chi connectivity index (χ1) is 11.9. The summed E-state index contributed by atoms with van der Waals surface area (Å²) in [6.45, 7) is 2.43. The Morgan fingerprint density at radius 2 is 1.84 bits per heavy atom. The smallest absolute Gasteiger partial charge is 0.350 e. The number of amides is 1. The molecule has 1 N–H and O–H groups in total. The number of carbonyl (C=O) groups excluding carboxylic acids is 1. The molecule has 25 heavy (non-hydrogen) atoms. The first-order valence-electron chi connectivity index (χ1n) is 8.17. The van der Waals surface area contributed by atoms with Gasteiger partial charge in [-0.05, 0) is 72.6 Å². The second-order valence-electron chi connectivity index (χ2n) is 6.10. The molecule has 0 aliphatic carbocycles. The van der Waals surface area contributed by atoms with Gasteiger partial charge in [0.2, 0.25) is 0 Å². The lowest BCUT2D eigenvalue weighted by Crippen LogP contribution is -2.36. The lowest BCUT2D eigenvalue weighted by Gasteiger charge is -2.27. The number of nitrogens with one attached hydrogen (secondary N) is 1. The van der Waals surface area contributed by atoms with E-state index in [0.717, 1.165) is 38.1 Å². The molecule has 3 rings (SSSR count). The predicted octanol–water partition coefficient (Wildman–Crippen LogP) is 4.33. The number of nitrogens with zero attached hydrogens (tertiary/aromatic N) is 1. The predicted molar refractivity (Wildman–Crippen MR) is 91.6 cm³/mol. The molecule has 1 amide bonds. The monoisotopic (exact) mass is 368 g/mol. The Kier molecular flexibility index (Phi) is 5.44. The highest BCUT2D eigenvalue weighted by Gasteiger charge is 2.30. The Labute approximate surface area is 148 Å². The van der Waals surface area contributed by atoms with Crippen molar-refractivity contribution in [2.45, 2.75) is 25.1 Å². The SMILES string of the molecule is O=C(NC[C@@H](c1ccsc1)N1CCCC1)c1ccc(C(F)(F)F)cc1. The lowest BCUT2D eigenvalue weighted by atomic mass is 10.1. The third kappa shape index (κ3) is 4.41. The van der Waals surface area contributed by atoms with Crippen LogP contribution in [0.15, 0.2) is 41.1 Å². The summed E-state index contributed by atoms with van der Waals surface area (Å²) in [4.78, 5) is 14.6. The molecule has 1 aliphatic heterocycles. The van der Waals surface area contributed by atoms with E-state index in [0.29, 0.717) is 6.54 Å². The summed E-state index contributed by atoms with van der Waals surface area (Å²) in [5.41, 5.74) is 0.648. The zero-order valence-corrected chi connectivity index (χ0v) is 14.4. The summed E-state index contributed by atoms with van der Waals surface area (Å²) in [5, 5.41) is 6.95. The molecule has 0 radical (unpaired) electrons. The summed E-state index contributed by atoms with van der Waals surface area (Å²) in [5.74, 6) is -0.354. The number of halogens is 3. The number of rotatable bonds is 5. The second-order valence-corrected chi connectivity index (χ2v) is 6.88. The Morgan fingerprint density at radius 1 is 1.16 bits per heavy atom. The van der Waals surface area contributed by atoms with Gasteiger partial charge in [-0.3, -0.25) is 9.69 Å². The summed E-state index contributed by atoms with van der Waals surface area (Å²) in [6, 6.07) is 6.46. The fraction of sp³-hybridized carbons (Fsp3) is 0.389. The van der Waals surface area contributed by atoms with Crippen LogP contribution in [0.5, 0.6) is 0 Å². The van der Waals surface area contributed by atoms with Gasteiger partial charge in [-0.1, -0.05) is 0 Å². The molecule has 1 saturated heterocycles. The first kappa shape index (κ1) is 17.9. The van der Waals surface area contributed by atoms with E-state index in [4.69, 9.17) is 0 Å². The van der Waals surface area contributed by atoms with Crippen LogP contribution in [-0.2, 0) is 6.18 Å². The first-order valence-corrected chi connectivity index (χ1v) is 9.11. The van der Waals surface area contributed by atoms with Gasteiger partial charge in [0.1, 0.15) is 0 Å². The third-order valence-electron chi connectivity index (χ3n) is 4.44. The standard InChI is InChI=1S/C18H19F3N2OS/c19-18(20,21)15-5-3-13(4-6-15)17(24)22-11-16(14-7-10-25-12-14)23-8-1-2-9-23/h3-7,10,12,16H,1-2,8-9,11H2,(H,22,24)/t16-/m0/s1. The average molecular weight is 368 g/mol. The maximum absolute atomic E-state index is 12.6. The molecule has 2 aromatic rings. The van der Waals surface area contributed by atoms with E-state index in [1.165, 1.54) is 17.7 Å². The van der Waals surface area contributed by atoms with Gasteiger partial charge in [0.15, 0.2) is 0 Å². The number of alkyl halides is 3. The highest BCUT2D eigenvalue weighted by Crippen LogP contribution is 2.29. The van der Waals surface area contributed by atoms with Gasteiger partial charge in [0, 0.05) is 12.1 Å². The van der Waals surface area contributed by atoms with E-state index >= 15 is 0 Å². The molecule has 0 saturated carbocycles. The van der Waals surface area contributed by atoms with Crippen LogP contribution in [0.2, 0.25) is 0 Å². The molecule has 134 valence electrons. The van der Waals surface area contributed by atoms with Gasteiger partial charge in [-0.15, -0.1) is 0 Å². The van der Waals surface area contributed by atoms with E-state index in [2.05, 4.69) is 21.7 Å². The molecule has 7 heteroatoms. The van der Waals surface area contributed by atoms with Crippen molar-refractivity contribution in [1.29, 1.82) is 0 Å². The van der Waals surface area contributed by atoms with E-state index in [9.17, 15) is 18.0 Å². The summed E-state index contributed by atoms with van der Waals surface area (Å²) < 4.78 is 37.8. The Hall–Kier alpha value is -1.86. The largest absolute Gasteiger partial charge is 0.416 e. The van der Waals surface area contributed by atoms with Crippen molar-refractivity contribution in [2.24, 2.45) is 0 Å². The maximum atomic E-state index is 12.6. The number of benzene rings is 1. The molecule has 1 aliphatic rings. The van der Waals surface area contributed by atoms with Crippen molar-refractivity contribution in [3.05, 3.63) is 57.8 Å². The van der Waals surface area contributed by atoms with Crippen molar-refractivity contribution in [3.8, 4) is 0 Å². The van der Waals surface area contributed by atoms with Crippen molar-refractivity contribution in [2.75, 3.05) is 19.6 Å². The Morgan fingerprint density at radius 3 is 2.40 bits per heavy atom. The molecule has 1 atom stereocenters. The van der Waals surface area contributed by atoms with Gasteiger partial charge in [0.25, 0.3) is 5.91 Å². The number of carbonyl (C=O) groups is 1. The molecule has 0 spiro atoms. The highest BCUT2D eigenvalue weighted by molar-refractivity contribution is 7.07. The average Bonchev–Trinajstić information content (AvgIpc) is 3.28. The summed E-state index contributed by atoms with van der Waals surface area (Å²) in [6.07, 6.45) is -2.10. The molecule has 1 fully saturated rings. The molecule has 3 nitrogen and oxygen atoms in total. The number of hydrogen-bond acceptors (Lipinski definition) is 3. The van der Waals surface area contributed by atoms with E-state index in [-0.39, 0.29) is 17.5 Å². The molecule has 1 aromatic carbocycles. The molecule has 0 unspecified atom stereocenters. The van der Waals surface area contributed by atoms with Crippen LogP contribution in [0, 0.1) is 0 Å². The van der Waals surface area contributed by atoms with Crippen LogP contribution < -0.4 is 5.32 Å². The van der Waals surface area contributed by atoms with Crippen molar-refractivity contribution < 1.29 is 18.0 Å². The van der Waals surface area contributed by atoms with Gasteiger partial charge < -0.3 is 5.32 Å². The molecule has 2 heterocycles. The van der Waals surface area contributed by atoms with Crippen LogP contribution in [0.3, 0.4) is 0 Å². The van der Waals surface area contributed by atoms with E-state index < -0.39 is 11.7 Å². The van der Waals surface area contributed by atoms with Gasteiger partial charge >= 0.3 is 6.18 Å². The fourth-order valence-electron chi connectivity index (χ4n) is 3.08. The van der Waals surface area contributed by atoms with Gasteiger partial charge in [0.05, 0.1) is 11.6 Å². The Balaban J connectivity index is 1.65. The van der Waals surface area contributed by atoms with Crippen LogP contribution in [0.25, 0.3) is 0 Å². The van der Waals surface area contributed by atoms with E-state index in [1.54, 1.807) is 11.3 Å².